The molecule has 0 aliphatic heterocycles. The van der Waals surface area contributed by atoms with E-state index in [1.165, 1.54) is 29.7 Å². The number of aliphatic hydroxyl groups excluding tert-OH is 1. The first-order valence-electron chi connectivity index (χ1n) is 7.67. The van der Waals surface area contributed by atoms with E-state index in [0.717, 1.165) is 33.7 Å². The van der Waals surface area contributed by atoms with Crippen LogP contribution in [0.4, 0.5) is 0 Å². The molecule has 0 saturated heterocycles. The molecule has 1 unspecified atom stereocenters. The van der Waals surface area contributed by atoms with Crippen LogP contribution in [0.1, 0.15) is 53.1 Å². The molecule has 1 aliphatic rings. The second kappa shape index (κ2) is 6.23. The second-order valence-corrected chi connectivity index (χ2v) is 7.51. The molecule has 2 heterocycles. The first kappa shape index (κ1) is 15.3. The van der Waals surface area contributed by atoms with Crippen molar-refractivity contribution in [3.8, 4) is 0 Å². The monoisotopic (exact) mass is 368 g/mol. The molecule has 1 aliphatic carbocycles. The van der Waals surface area contributed by atoms with Gasteiger partial charge >= 0.3 is 0 Å². The van der Waals surface area contributed by atoms with E-state index in [0.29, 0.717) is 6.42 Å². The van der Waals surface area contributed by atoms with Crippen LogP contribution in [0.2, 0.25) is 0 Å². The van der Waals surface area contributed by atoms with Gasteiger partial charge in [-0.05, 0) is 60.2 Å². The quantitative estimate of drug-likeness (QED) is 0.863. The maximum Gasteiger partial charge on any atom is 0.0937 e. The third-order valence-corrected chi connectivity index (χ3v) is 6.43. The van der Waals surface area contributed by atoms with E-state index in [-0.39, 0.29) is 0 Å². The molecule has 5 heteroatoms. The standard InChI is InChI=1S/C16H21BrN2OS/c1-3-11-16(17)12(19(4-2)18-11)9-13(20)15-8-10-6-5-7-14(10)21-15/h8,13,20H,3-7,9H2,1-2H3. The Labute approximate surface area is 138 Å². The smallest absolute Gasteiger partial charge is 0.0937 e. The molecule has 114 valence electrons. The highest BCUT2D eigenvalue weighted by molar-refractivity contribution is 9.10. The molecule has 1 atom stereocenters. The van der Waals surface area contributed by atoms with Crippen molar-refractivity contribution in [2.24, 2.45) is 0 Å². The van der Waals surface area contributed by atoms with Gasteiger partial charge in [0, 0.05) is 22.7 Å². The van der Waals surface area contributed by atoms with Crippen molar-refractivity contribution in [1.29, 1.82) is 0 Å². The fourth-order valence-electron chi connectivity index (χ4n) is 3.01. The number of fused-ring (bicyclic) bond motifs is 1. The summed E-state index contributed by atoms with van der Waals surface area (Å²) in [5.74, 6) is 0. The zero-order valence-corrected chi connectivity index (χ0v) is 14.9. The summed E-state index contributed by atoms with van der Waals surface area (Å²) in [6, 6.07) is 2.21. The van der Waals surface area contributed by atoms with Gasteiger partial charge in [-0.15, -0.1) is 11.3 Å². The van der Waals surface area contributed by atoms with Crippen molar-refractivity contribution in [3.05, 3.63) is 37.2 Å². The van der Waals surface area contributed by atoms with E-state index in [2.05, 4.69) is 40.9 Å². The van der Waals surface area contributed by atoms with Crippen LogP contribution in [0.3, 0.4) is 0 Å². The number of aryl methyl sites for hydroxylation is 4. The molecule has 0 radical (unpaired) electrons. The lowest BCUT2D eigenvalue weighted by atomic mass is 10.1. The summed E-state index contributed by atoms with van der Waals surface area (Å²) in [5, 5.41) is 15.2. The second-order valence-electron chi connectivity index (χ2n) is 5.55. The molecule has 3 rings (SSSR count). The van der Waals surface area contributed by atoms with Crippen LogP contribution in [-0.4, -0.2) is 14.9 Å². The fourth-order valence-corrected chi connectivity index (χ4v) is 4.98. The summed E-state index contributed by atoms with van der Waals surface area (Å²) in [7, 11) is 0. The van der Waals surface area contributed by atoms with Gasteiger partial charge < -0.3 is 5.11 Å². The minimum absolute atomic E-state index is 0.427. The number of hydrogen-bond acceptors (Lipinski definition) is 3. The van der Waals surface area contributed by atoms with E-state index < -0.39 is 6.10 Å². The number of hydrogen-bond donors (Lipinski definition) is 1. The van der Waals surface area contributed by atoms with Gasteiger partial charge in [0.25, 0.3) is 0 Å². The first-order chi connectivity index (χ1) is 10.1. The Balaban J connectivity index is 1.83. The zero-order chi connectivity index (χ0) is 15.0. The topological polar surface area (TPSA) is 38.0 Å². The van der Waals surface area contributed by atoms with Gasteiger partial charge in [-0.3, -0.25) is 4.68 Å². The van der Waals surface area contributed by atoms with Gasteiger partial charge in [-0.25, -0.2) is 0 Å². The van der Waals surface area contributed by atoms with Gasteiger partial charge in [0.1, 0.15) is 0 Å². The Morgan fingerprint density at radius 1 is 1.43 bits per heavy atom. The maximum absolute atomic E-state index is 10.6. The lowest BCUT2D eigenvalue weighted by molar-refractivity contribution is 0.179. The number of aromatic nitrogens is 2. The molecule has 0 aromatic carbocycles. The number of thiophene rings is 1. The molecule has 0 saturated carbocycles. The molecule has 0 bridgehead atoms. The molecule has 3 nitrogen and oxygen atoms in total. The predicted molar refractivity (Wildman–Crippen MR) is 90.0 cm³/mol. The molecule has 0 spiro atoms. The Morgan fingerprint density at radius 2 is 2.24 bits per heavy atom. The molecule has 2 aromatic heterocycles. The highest BCUT2D eigenvalue weighted by Crippen LogP contribution is 2.36. The zero-order valence-electron chi connectivity index (χ0n) is 12.5. The summed E-state index contributed by atoms with van der Waals surface area (Å²) in [6.45, 7) is 5.03. The molecular formula is C16H21BrN2OS. The molecule has 1 N–H and O–H groups in total. The number of nitrogens with zero attached hydrogens (tertiary/aromatic N) is 2. The van der Waals surface area contributed by atoms with Gasteiger partial charge in [0.2, 0.25) is 0 Å². The van der Waals surface area contributed by atoms with Crippen molar-refractivity contribution < 1.29 is 5.11 Å². The highest BCUT2D eigenvalue weighted by atomic mass is 79.9. The van der Waals surface area contributed by atoms with Crippen LogP contribution in [0.25, 0.3) is 0 Å². The lowest BCUT2D eigenvalue weighted by Gasteiger charge is -2.11. The van der Waals surface area contributed by atoms with Crippen molar-refractivity contribution in [3.63, 3.8) is 0 Å². The molecule has 0 amide bonds. The average Bonchev–Trinajstić information content (AvgIpc) is 3.13. The molecule has 21 heavy (non-hydrogen) atoms. The van der Waals surface area contributed by atoms with Crippen molar-refractivity contribution >= 4 is 27.3 Å². The van der Waals surface area contributed by atoms with Gasteiger partial charge in [-0.1, -0.05) is 6.92 Å². The SMILES string of the molecule is CCc1nn(CC)c(CC(O)c2cc3c(s2)CCC3)c1Br. The third-order valence-electron chi connectivity index (χ3n) is 4.17. The first-order valence-corrected chi connectivity index (χ1v) is 9.28. The van der Waals surface area contributed by atoms with Crippen LogP contribution in [-0.2, 0) is 32.2 Å². The molecule has 0 fully saturated rings. The largest absolute Gasteiger partial charge is 0.387 e. The van der Waals surface area contributed by atoms with Crippen molar-refractivity contribution in [2.45, 2.75) is 58.6 Å². The summed E-state index contributed by atoms with van der Waals surface area (Å²) in [5.41, 5.74) is 3.63. The molecular weight excluding hydrogens is 348 g/mol. The van der Waals surface area contributed by atoms with Gasteiger partial charge in [0.05, 0.1) is 22.0 Å². The maximum atomic E-state index is 10.6. The van der Waals surface area contributed by atoms with Crippen LogP contribution in [0.15, 0.2) is 10.5 Å². The van der Waals surface area contributed by atoms with Gasteiger partial charge in [0.15, 0.2) is 0 Å². The highest BCUT2D eigenvalue weighted by Gasteiger charge is 2.22. The van der Waals surface area contributed by atoms with Crippen LogP contribution < -0.4 is 0 Å². The Bertz CT molecular complexity index is 625. The number of halogens is 1. The van der Waals surface area contributed by atoms with Crippen LogP contribution in [0.5, 0.6) is 0 Å². The van der Waals surface area contributed by atoms with Crippen LogP contribution >= 0.6 is 27.3 Å². The Kier molecular flexibility index (Phi) is 4.52. The number of rotatable bonds is 5. The Morgan fingerprint density at radius 3 is 2.90 bits per heavy atom. The van der Waals surface area contributed by atoms with E-state index in [9.17, 15) is 5.11 Å². The van der Waals surface area contributed by atoms with Gasteiger partial charge in [-0.2, -0.15) is 5.10 Å². The summed E-state index contributed by atoms with van der Waals surface area (Å²) in [4.78, 5) is 2.58. The van der Waals surface area contributed by atoms with E-state index in [4.69, 9.17) is 0 Å². The average molecular weight is 369 g/mol. The fraction of sp³-hybridized carbons (Fsp3) is 0.562. The van der Waals surface area contributed by atoms with E-state index in [1.807, 2.05) is 4.68 Å². The third kappa shape index (κ3) is 2.83. The minimum Gasteiger partial charge on any atom is -0.387 e. The minimum atomic E-state index is -0.427. The van der Waals surface area contributed by atoms with E-state index in [1.54, 1.807) is 11.3 Å². The van der Waals surface area contributed by atoms with Crippen molar-refractivity contribution in [1.82, 2.24) is 9.78 Å². The van der Waals surface area contributed by atoms with Crippen LogP contribution in [0, 0.1) is 0 Å². The molecule has 2 aromatic rings. The van der Waals surface area contributed by atoms with E-state index >= 15 is 0 Å². The summed E-state index contributed by atoms with van der Waals surface area (Å²) < 4.78 is 3.07. The predicted octanol–water partition coefficient (Wildman–Crippen LogP) is 4.05. The van der Waals surface area contributed by atoms with Crippen molar-refractivity contribution in [2.75, 3.05) is 0 Å². The Hall–Kier alpha value is -0.650. The lowest BCUT2D eigenvalue weighted by Crippen LogP contribution is -2.08. The number of aliphatic hydroxyl groups is 1. The summed E-state index contributed by atoms with van der Waals surface area (Å²) >= 11 is 5.44. The summed E-state index contributed by atoms with van der Waals surface area (Å²) in [6.07, 6.45) is 4.73. The normalized spacial score (nSPS) is 15.4.